The Kier molecular flexibility index (Phi) is 4.78. The van der Waals surface area contributed by atoms with Gasteiger partial charge in [0, 0.05) is 17.6 Å². The third-order valence-corrected chi connectivity index (χ3v) is 5.87. The highest BCUT2D eigenvalue weighted by Crippen LogP contribution is 2.26. The van der Waals surface area contributed by atoms with Crippen LogP contribution in [0.4, 0.5) is 5.69 Å². The summed E-state index contributed by atoms with van der Waals surface area (Å²) in [4.78, 5) is 25.2. The smallest absolute Gasteiger partial charge is 0.307 e. The zero-order valence-electron chi connectivity index (χ0n) is 13.7. The van der Waals surface area contributed by atoms with E-state index in [1.807, 2.05) is 56.3 Å². The molecule has 24 heavy (non-hydrogen) atoms. The minimum atomic E-state index is -0.210. The lowest BCUT2D eigenvalue weighted by molar-refractivity contribution is -0.115. The molecule has 1 heterocycles. The number of amides is 1. The Balaban J connectivity index is 1.71. The first-order valence-electron chi connectivity index (χ1n) is 7.58. The highest BCUT2D eigenvalue weighted by atomic mass is 32.2. The second-order valence-electron chi connectivity index (χ2n) is 5.67. The minimum Gasteiger partial charge on any atom is -0.325 e. The lowest BCUT2D eigenvalue weighted by Crippen LogP contribution is -2.22. The fourth-order valence-corrected chi connectivity index (χ4v) is 4.12. The fourth-order valence-electron chi connectivity index (χ4n) is 2.33. The molecule has 1 N–H and O–H groups in total. The predicted octanol–water partition coefficient (Wildman–Crippen LogP) is 4.03. The van der Waals surface area contributed by atoms with Gasteiger partial charge in [0.1, 0.15) is 0 Å². The number of carbonyl (C=O) groups excluding carboxylic acids is 1. The standard InChI is InChI=1S/C18H18N2O2S2/c1-11-4-7-14(8-5-11)23-12(2)17(21)19-13-6-9-15-16(10-13)24-18(22)20(15)3/h4-10,12H,1-3H3,(H,19,21). The molecule has 0 spiro atoms. The molecule has 0 saturated carbocycles. The summed E-state index contributed by atoms with van der Waals surface area (Å²) in [7, 11) is 1.75. The third-order valence-electron chi connectivity index (χ3n) is 3.76. The number of carbonyl (C=O) groups is 1. The van der Waals surface area contributed by atoms with Crippen molar-refractivity contribution in [3.63, 3.8) is 0 Å². The summed E-state index contributed by atoms with van der Waals surface area (Å²) in [6.45, 7) is 3.93. The summed E-state index contributed by atoms with van der Waals surface area (Å²) in [5.74, 6) is -0.0526. The molecular weight excluding hydrogens is 340 g/mol. The number of hydrogen-bond acceptors (Lipinski definition) is 4. The summed E-state index contributed by atoms with van der Waals surface area (Å²) in [5, 5.41) is 2.72. The zero-order chi connectivity index (χ0) is 17.3. The maximum atomic E-state index is 12.4. The van der Waals surface area contributed by atoms with E-state index < -0.39 is 0 Å². The van der Waals surface area contributed by atoms with Crippen LogP contribution in [0.25, 0.3) is 10.2 Å². The largest absolute Gasteiger partial charge is 0.325 e. The van der Waals surface area contributed by atoms with E-state index in [0.717, 1.165) is 15.1 Å². The van der Waals surface area contributed by atoms with Crippen LogP contribution in [-0.2, 0) is 11.8 Å². The van der Waals surface area contributed by atoms with Gasteiger partial charge in [0.05, 0.1) is 15.5 Å². The van der Waals surface area contributed by atoms with Crippen molar-refractivity contribution in [1.82, 2.24) is 4.57 Å². The number of rotatable bonds is 4. The molecule has 4 nitrogen and oxygen atoms in total. The van der Waals surface area contributed by atoms with E-state index >= 15 is 0 Å². The number of anilines is 1. The zero-order valence-corrected chi connectivity index (χ0v) is 15.3. The predicted molar refractivity (Wildman–Crippen MR) is 102 cm³/mol. The van der Waals surface area contributed by atoms with Gasteiger partial charge in [-0.2, -0.15) is 0 Å². The van der Waals surface area contributed by atoms with Crippen LogP contribution in [0.3, 0.4) is 0 Å². The van der Waals surface area contributed by atoms with Gasteiger partial charge >= 0.3 is 4.87 Å². The molecule has 0 aliphatic carbocycles. The van der Waals surface area contributed by atoms with Gasteiger partial charge in [-0.3, -0.25) is 9.59 Å². The Morgan fingerprint density at radius 2 is 1.92 bits per heavy atom. The third kappa shape index (κ3) is 3.55. The van der Waals surface area contributed by atoms with Crippen LogP contribution >= 0.6 is 23.1 Å². The Bertz CT molecular complexity index is 942. The van der Waals surface area contributed by atoms with Crippen molar-refractivity contribution in [2.45, 2.75) is 24.0 Å². The van der Waals surface area contributed by atoms with Crippen molar-refractivity contribution in [2.24, 2.45) is 7.05 Å². The van der Waals surface area contributed by atoms with Crippen molar-refractivity contribution in [3.8, 4) is 0 Å². The van der Waals surface area contributed by atoms with Crippen LogP contribution in [0.2, 0.25) is 0 Å². The quantitative estimate of drug-likeness (QED) is 0.717. The van der Waals surface area contributed by atoms with Crippen molar-refractivity contribution in [3.05, 3.63) is 57.7 Å². The van der Waals surface area contributed by atoms with Crippen molar-refractivity contribution in [2.75, 3.05) is 5.32 Å². The molecule has 0 bridgehead atoms. The van der Waals surface area contributed by atoms with Gasteiger partial charge in [0.2, 0.25) is 5.91 Å². The second-order valence-corrected chi connectivity index (χ2v) is 8.08. The van der Waals surface area contributed by atoms with E-state index in [4.69, 9.17) is 0 Å². The number of fused-ring (bicyclic) bond motifs is 1. The molecule has 0 saturated heterocycles. The Morgan fingerprint density at radius 1 is 1.21 bits per heavy atom. The maximum Gasteiger partial charge on any atom is 0.307 e. The molecular formula is C18H18N2O2S2. The first-order chi connectivity index (χ1) is 11.4. The van der Waals surface area contributed by atoms with E-state index in [0.29, 0.717) is 5.69 Å². The van der Waals surface area contributed by atoms with E-state index in [9.17, 15) is 9.59 Å². The summed E-state index contributed by atoms with van der Waals surface area (Å²) in [5.41, 5.74) is 2.79. The van der Waals surface area contributed by atoms with Crippen molar-refractivity contribution >= 4 is 44.9 Å². The van der Waals surface area contributed by atoms with E-state index in [-0.39, 0.29) is 16.0 Å². The molecule has 0 aliphatic heterocycles. The van der Waals surface area contributed by atoms with Gasteiger partial charge < -0.3 is 9.88 Å². The topological polar surface area (TPSA) is 51.1 Å². The first-order valence-corrected chi connectivity index (χ1v) is 9.27. The number of aryl methyl sites for hydroxylation is 2. The van der Waals surface area contributed by atoms with Crippen LogP contribution in [0, 0.1) is 6.92 Å². The summed E-state index contributed by atoms with van der Waals surface area (Å²) in [6, 6.07) is 13.7. The van der Waals surface area contributed by atoms with Crippen molar-refractivity contribution < 1.29 is 4.79 Å². The Hall–Kier alpha value is -2.05. The molecule has 0 aliphatic rings. The van der Waals surface area contributed by atoms with Gasteiger partial charge in [-0.15, -0.1) is 11.8 Å². The average molecular weight is 358 g/mol. The van der Waals surface area contributed by atoms with Gasteiger partial charge in [-0.05, 0) is 44.2 Å². The van der Waals surface area contributed by atoms with Gasteiger partial charge in [-0.25, -0.2) is 0 Å². The van der Waals surface area contributed by atoms with Crippen LogP contribution in [0.5, 0.6) is 0 Å². The fraction of sp³-hybridized carbons (Fsp3) is 0.222. The van der Waals surface area contributed by atoms with Crippen LogP contribution in [-0.4, -0.2) is 15.7 Å². The molecule has 0 radical (unpaired) electrons. The van der Waals surface area contributed by atoms with E-state index in [2.05, 4.69) is 5.32 Å². The van der Waals surface area contributed by atoms with Gasteiger partial charge in [0.15, 0.2) is 0 Å². The molecule has 1 aromatic heterocycles. The van der Waals surface area contributed by atoms with Crippen LogP contribution in [0.1, 0.15) is 12.5 Å². The van der Waals surface area contributed by atoms with Crippen LogP contribution in [0.15, 0.2) is 52.2 Å². The molecule has 1 unspecified atom stereocenters. The summed E-state index contributed by atoms with van der Waals surface area (Å²) >= 11 is 2.71. The van der Waals surface area contributed by atoms with Crippen LogP contribution < -0.4 is 10.2 Å². The van der Waals surface area contributed by atoms with Gasteiger partial charge in [-0.1, -0.05) is 29.0 Å². The second kappa shape index (κ2) is 6.83. The average Bonchev–Trinajstić information content (AvgIpc) is 2.83. The normalized spacial score (nSPS) is 12.3. The molecule has 2 aromatic carbocycles. The number of hydrogen-bond donors (Lipinski definition) is 1. The number of nitrogens with one attached hydrogen (secondary N) is 1. The SMILES string of the molecule is Cc1ccc(SC(C)C(=O)Nc2ccc3c(c2)sc(=O)n3C)cc1. The lowest BCUT2D eigenvalue weighted by Gasteiger charge is -2.12. The minimum absolute atomic E-state index is 0.00299. The Morgan fingerprint density at radius 3 is 2.62 bits per heavy atom. The first kappa shape index (κ1) is 16.8. The highest BCUT2D eigenvalue weighted by molar-refractivity contribution is 8.00. The number of aromatic nitrogens is 1. The van der Waals surface area contributed by atoms with E-state index in [1.54, 1.807) is 11.6 Å². The Labute approximate surface area is 148 Å². The lowest BCUT2D eigenvalue weighted by atomic mass is 10.2. The molecule has 3 aromatic rings. The summed E-state index contributed by atoms with van der Waals surface area (Å²) in [6.07, 6.45) is 0. The van der Waals surface area contributed by atoms with Crippen molar-refractivity contribution in [1.29, 1.82) is 0 Å². The molecule has 1 atom stereocenters. The molecule has 6 heteroatoms. The van der Waals surface area contributed by atoms with E-state index in [1.165, 1.54) is 28.7 Å². The number of nitrogens with zero attached hydrogens (tertiary/aromatic N) is 1. The molecule has 0 fully saturated rings. The number of benzene rings is 2. The number of thiazole rings is 1. The van der Waals surface area contributed by atoms with Gasteiger partial charge in [0.25, 0.3) is 0 Å². The molecule has 1 amide bonds. The summed E-state index contributed by atoms with van der Waals surface area (Å²) < 4.78 is 2.49. The molecule has 3 rings (SSSR count). The maximum absolute atomic E-state index is 12.4. The highest BCUT2D eigenvalue weighted by Gasteiger charge is 2.15. The molecule has 124 valence electrons. The monoisotopic (exact) mass is 358 g/mol. The number of thioether (sulfide) groups is 1.